The van der Waals surface area contributed by atoms with Crippen molar-refractivity contribution >= 4 is 9.84 Å². The van der Waals surface area contributed by atoms with E-state index in [1.165, 1.54) is 0 Å². The van der Waals surface area contributed by atoms with Crippen molar-refractivity contribution in [3.05, 3.63) is 0 Å². The van der Waals surface area contributed by atoms with Gasteiger partial charge in [-0.15, -0.1) is 0 Å². The lowest BCUT2D eigenvalue weighted by atomic mass is 9.94. The molecule has 1 atom stereocenters. The zero-order chi connectivity index (χ0) is 11.4. The molecule has 3 nitrogen and oxygen atoms in total. The van der Waals surface area contributed by atoms with Crippen molar-refractivity contribution < 1.29 is 8.42 Å². The third kappa shape index (κ3) is 4.42. The van der Waals surface area contributed by atoms with Crippen molar-refractivity contribution in [2.24, 2.45) is 17.6 Å². The van der Waals surface area contributed by atoms with E-state index in [-0.39, 0.29) is 11.0 Å². The average Bonchev–Trinajstić information content (AvgIpc) is 2.04. The normalized spacial score (nSPS) is 15.1. The molecule has 2 N–H and O–H groups in total. The van der Waals surface area contributed by atoms with Crippen LogP contribution in [0.4, 0.5) is 0 Å². The summed E-state index contributed by atoms with van der Waals surface area (Å²) in [6.45, 7) is 8.19. The van der Waals surface area contributed by atoms with E-state index >= 15 is 0 Å². The molecule has 0 aliphatic rings. The van der Waals surface area contributed by atoms with Crippen LogP contribution in [0.1, 0.15) is 34.1 Å². The summed E-state index contributed by atoms with van der Waals surface area (Å²) in [5.41, 5.74) is 5.58. The van der Waals surface area contributed by atoms with E-state index in [1.54, 1.807) is 13.8 Å². The highest BCUT2D eigenvalue weighted by Crippen LogP contribution is 2.16. The van der Waals surface area contributed by atoms with Crippen LogP contribution in [0.2, 0.25) is 0 Å². The van der Waals surface area contributed by atoms with Crippen molar-refractivity contribution in [1.29, 1.82) is 0 Å². The minimum atomic E-state index is -2.89. The number of sulfone groups is 1. The Morgan fingerprint density at radius 2 is 1.64 bits per heavy atom. The molecule has 0 rings (SSSR count). The average molecular weight is 221 g/mol. The molecule has 0 aliphatic carbocycles. The lowest BCUT2D eigenvalue weighted by Gasteiger charge is -2.19. The lowest BCUT2D eigenvalue weighted by Crippen LogP contribution is -2.25. The van der Waals surface area contributed by atoms with Gasteiger partial charge in [-0.05, 0) is 38.6 Å². The molecule has 0 bridgehead atoms. The fourth-order valence-corrected chi connectivity index (χ4v) is 2.38. The largest absolute Gasteiger partial charge is 0.330 e. The minimum absolute atomic E-state index is 0.269. The number of nitrogens with two attached hydrogens (primary N) is 1. The molecule has 0 aromatic heterocycles. The minimum Gasteiger partial charge on any atom is -0.330 e. The second-order valence-electron chi connectivity index (χ2n) is 4.44. The first-order valence-electron chi connectivity index (χ1n) is 5.23. The Morgan fingerprint density at radius 1 is 1.14 bits per heavy atom. The molecule has 0 aliphatic heterocycles. The maximum atomic E-state index is 11.5. The van der Waals surface area contributed by atoms with Crippen LogP contribution in [0, 0.1) is 11.8 Å². The summed E-state index contributed by atoms with van der Waals surface area (Å²) >= 11 is 0. The van der Waals surface area contributed by atoms with Gasteiger partial charge >= 0.3 is 0 Å². The smallest absolute Gasteiger partial charge is 0.152 e. The first kappa shape index (κ1) is 13.9. The van der Waals surface area contributed by atoms with Gasteiger partial charge in [0.25, 0.3) is 0 Å². The zero-order valence-electron chi connectivity index (χ0n) is 9.66. The molecule has 86 valence electrons. The van der Waals surface area contributed by atoms with E-state index in [4.69, 9.17) is 5.73 Å². The SMILES string of the molecule is CC(C)C(CN)CCS(=O)(=O)C(C)C. The maximum Gasteiger partial charge on any atom is 0.152 e. The molecule has 0 aromatic rings. The number of hydrogen-bond donors (Lipinski definition) is 1. The van der Waals surface area contributed by atoms with Gasteiger partial charge in [0.2, 0.25) is 0 Å². The molecule has 0 saturated heterocycles. The monoisotopic (exact) mass is 221 g/mol. The van der Waals surface area contributed by atoms with Gasteiger partial charge in [-0.2, -0.15) is 0 Å². The van der Waals surface area contributed by atoms with Crippen LogP contribution in [-0.4, -0.2) is 26.0 Å². The Kier molecular flexibility index (Phi) is 5.67. The van der Waals surface area contributed by atoms with Gasteiger partial charge < -0.3 is 5.73 Å². The third-order valence-electron chi connectivity index (χ3n) is 2.74. The van der Waals surface area contributed by atoms with Gasteiger partial charge in [-0.25, -0.2) is 8.42 Å². The Labute approximate surface area is 88.0 Å². The van der Waals surface area contributed by atoms with E-state index in [0.29, 0.717) is 24.8 Å². The van der Waals surface area contributed by atoms with Gasteiger partial charge in [0.1, 0.15) is 0 Å². The van der Waals surface area contributed by atoms with Crippen LogP contribution in [0.5, 0.6) is 0 Å². The first-order chi connectivity index (χ1) is 6.31. The molecule has 0 radical (unpaired) electrons. The highest BCUT2D eigenvalue weighted by Gasteiger charge is 2.19. The molecular formula is C10H23NO2S. The standard InChI is InChI=1S/C10H23NO2S/c1-8(2)10(7-11)5-6-14(12,13)9(3)4/h8-10H,5-7,11H2,1-4H3. The molecule has 0 fully saturated rings. The van der Waals surface area contributed by atoms with Crippen molar-refractivity contribution in [1.82, 2.24) is 0 Å². The molecule has 14 heavy (non-hydrogen) atoms. The molecule has 0 amide bonds. The summed E-state index contributed by atoms with van der Waals surface area (Å²) in [4.78, 5) is 0. The van der Waals surface area contributed by atoms with Crippen LogP contribution in [-0.2, 0) is 9.84 Å². The summed E-state index contributed by atoms with van der Waals surface area (Å²) in [6, 6.07) is 0. The highest BCUT2D eigenvalue weighted by atomic mass is 32.2. The third-order valence-corrected chi connectivity index (χ3v) is 4.98. The Bertz CT molecular complexity index is 245. The fraction of sp³-hybridized carbons (Fsp3) is 1.00. The summed E-state index contributed by atoms with van der Waals surface area (Å²) < 4.78 is 23.1. The Morgan fingerprint density at radius 3 is 1.93 bits per heavy atom. The van der Waals surface area contributed by atoms with E-state index in [2.05, 4.69) is 13.8 Å². The van der Waals surface area contributed by atoms with E-state index in [0.717, 1.165) is 0 Å². The summed E-state index contributed by atoms with van der Waals surface area (Å²) in [6.07, 6.45) is 0.689. The zero-order valence-corrected chi connectivity index (χ0v) is 10.5. The van der Waals surface area contributed by atoms with Crippen molar-refractivity contribution in [3.63, 3.8) is 0 Å². The number of hydrogen-bond acceptors (Lipinski definition) is 3. The van der Waals surface area contributed by atoms with E-state index < -0.39 is 9.84 Å². The van der Waals surface area contributed by atoms with Crippen molar-refractivity contribution in [2.75, 3.05) is 12.3 Å². The Hall–Kier alpha value is -0.0900. The van der Waals surface area contributed by atoms with Gasteiger partial charge in [0.15, 0.2) is 9.84 Å². The predicted molar refractivity (Wildman–Crippen MR) is 60.9 cm³/mol. The van der Waals surface area contributed by atoms with Crippen molar-refractivity contribution in [3.8, 4) is 0 Å². The highest BCUT2D eigenvalue weighted by molar-refractivity contribution is 7.91. The van der Waals surface area contributed by atoms with E-state index in [9.17, 15) is 8.42 Å². The molecule has 0 aromatic carbocycles. The summed E-state index contributed by atoms with van der Waals surface area (Å²) in [5, 5.41) is -0.270. The molecular weight excluding hydrogens is 198 g/mol. The van der Waals surface area contributed by atoms with Crippen LogP contribution >= 0.6 is 0 Å². The van der Waals surface area contributed by atoms with Gasteiger partial charge in [-0.3, -0.25) is 0 Å². The van der Waals surface area contributed by atoms with Crippen molar-refractivity contribution in [2.45, 2.75) is 39.4 Å². The fourth-order valence-electron chi connectivity index (χ4n) is 1.27. The maximum absolute atomic E-state index is 11.5. The van der Waals surface area contributed by atoms with Gasteiger partial charge in [0.05, 0.1) is 11.0 Å². The molecule has 0 spiro atoms. The molecule has 4 heteroatoms. The Balaban J connectivity index is 4.17. The predicted octanol–water partition coefficient (Wildman–Crippen LogP) is 1.43. The number of rotatable bonds is 6. The molecule has 0 heterocycles. The summed E-state index contributed by atoms with van der Waals surface area (Å²) in [5.74, 6) is 1.05. The first-order valence-corrected chi connectivity index (χ1v) is 6.94. The molecule has 0 saturated carbocycles. The second-order valence-corrected chi connectivity index (χ2v) is 7.12. The quantitative estimate of drug-likeness (QED) is 0.738. The molecule has 1 unspecified atom stereocenters. The van der Waals surface area contributed by atoms with E-state index in [1.807, 2.05) is 0 Å². The van der Waals surface area contributed by atoms with Crippen LogP contribution < -0.4 is 5.73 Å². The van der Waals surface area contributed by atoms with Crippen LogP contribution in [0.25, 0.3) is 0 Å². The van der Waals surface area contributed by atoms with Gasteiger partial charge in [0, 0.05) is 0 Å². The van der Waals surface area contributed by atoms with Gasteiger partial charge in [-0.1, -0.05) is 13.8 Å². The second kappa shape index (κ2) is 5.71. The van der Waals surface area contributed by atoms with Crippen LogP contribution in [0.3, 0.4) is 0 Å². The lowest BCUT2D eigenvalue weighted by molar-refractivity contribution is 0.382. The topological polar surface area (TPSA) is 60.2 Å². The van der Waals surface area contributed by atoms with Crippen LogP contribution in [0.15, 0.2) is 0 Å². The summed E-state index contributed by atoms with van der Waals surface area (Å²) in [7, 11) is -2.89.